The zero-order valence-electron chi connectivity index (χ0n) is 11.2. The van der Waals surface area contributed by atoms with E-state index >= 15 is 0 Å². The Morgan fingerprint density at radius 2 is 2.05 bits per heavy atom. The standard InChI is InChI=1S/C13H20N2O3S2/c14-11-3-5-13(6-4-11)19-8-9-20(17,18)15-7-1-2-12(15)10-16/h3-6,12,16H,1-2,7-10,14H2/t12-/m0/s1. The number of hydrogen-bond donors (Lipinski definition) is 2. The van der Waals surface area contributed by atoms with Crippen molar-refractivity contribution in [3.05, 3.63) is 24.3 Å². The van der Waals surface area contributed by atoms with Crippen LogP contribution in [0.2, 0.25) is 0 Å². The molecule has 0 aliphatic carbocycles. The number of benzene rings is 1. The van der Waals surface area contributed by atoms with Crippen molar-refractivity contribution in [2.24, 2.45) is 0 Å². The van der Waals surface area contributed by atoms with Crippen molar-refractivity contribution in [1.82, 2.24) is 4.31 Å². The molecule has 1 fully saturated rings. The SMILES string of the molecule is Nc1ccc(SCCS(=O)(=O)N2CCC[C@H]2CO)cc1. The van der Waals surface area contributed by atoms with Crippen LogP contribution in [0.5, 0.6) is 0 Å². The van der Waals surface area contributed by atoms with Gasteiger partial charge < -0.3 is 10.8 Å². The molecule has 1 aliphatic heterocycles. The number of aliphatic hydroxyl groups is 1. The highest BCUT2D eigenvalue weighted by atomic mass is 32.2. The summed E-state index contributed by atoms with van der Waals surface area (Å²) in [5.41, 5.74) is 6.30. The second kappa shape index (κ2) is 6.80. The molecule has 112 valence electrons. The Balaban J connectivity index is 1.88. The first-order valence-electron chi connectivity index (χ1n) is 6.61. The van der Waals surface area contributed by atoms with E-state index in [0.717, 1.165) is 17.7 Å². The van der Waals surface area contributed by atoms with E-state index in [4.69, 9.17) is 5.73 Å². The van der Waals surface area contributed by atoms with Crippen molar-refractivity contribution in [2.75, 3.05) is 30.4 Å². The van der Waals surface area contributed by atoms with Crippen LogP contribution in [-0.2, 0) is 10.0 Å². The minimum Gasteiger partial charge on any atom is -0.399 e. The third-order valence-electron chi connectivity index (χ3n) is 3.38. The lowest BCUT2D eigenvalue weighted by atomic mass is 10.2. The molecule has 2 rings (SSSR count). The number of sulfonamides is 1. The Bertz CT molecular complexity index is 531. The van der Waals surface area contributed by atoms with Crippen molar-refractivity contribution >= 4 is 27.5 Å². The summed E-state index contributed by atoms with van der Waals surface area (Å²) in [6, 6.07) is 7.15. The number of hydrogen-bond acceptors (Lipinski definition) is 5. The summed E-state index contributed by atoms with van der Waals surface area (Å²) in [5.74, 6) is 0.597. The first-order chi connectivity index (χ1) is 9.53. The Morgan fingerprint density at radius 3 is 2.70 bits per heavy atom. The van der Waals surface area contributed by atoms with E-state index < -0.39 is 10.0 Å². The topological polar surface area (TPSA) is 83.6 Å². The molecule has 0 spiro atoms. The number of rotatable bonds is 6. The largest absolute Gasteiger partial charge is 0.399 e. The van der Waals surface area contributed by atoms with Gasteiger partial charge in [-0.05, 0) is 37.1 Å². The zero-order chi connectivity index (χ0) is 14.6. The first-order valence-corrected chi connectivity index (χ1v) is 9.21. The molecule has 1 aromatic carbocycles. The van der Waals surface area contributed by atoms with Crippen LogP contribution in [0.4, 0.5) is 5.69 Å². The summed E-state index contributed by atoms with van der Waals surface area (Å²) in [7, 11) is -3.27. The van der Waals surface area contributed by atoms with Crippen molar-refractivity contribution < 1.29 is 13.5 Å². The van der Waals surface area contributed by atoms with Crippen LogP contribution >= 0.6 is 11.8 Å². The minimum atomic E-state index is -3.27. The van der Waals surface area contributed by atoms with Gasteiger partial charge in [0.25, 0.3) is 0 Å². The molecule has 0 amide bonds. The van der Waals surface area contributed by atoms with Gasteiger partial charge in [0.1, 0.15) is 0 Å². The van der Waals surface area contributed by atoms with Crippen LogP contribution in [0.1, 0.15) is 12.8 Å². The van der Waals surface area contributed by atoms with Crippen LogP contribution in [0.25, 0.3) is 0 Å². The molecule has 1 atom stereocenters. The van der Waals surface area contributed by atoms with Crippen molar-refractivity contribution in [3.8, 4) is 0 Å². The number of thioether (sulfide) groups is 1. The number of anilines is 1. The molecular formula is C13H20N2O3S2. The second-order valence-corrected chi connectivity index (χ2v) is 8.03. The lowest BCUT2D eigenvalue weighted by Gasteiger charge is -2.22. The lowest BCUT2D eigenvalue weighted by molar-refractivity contribution is 0.213. The Labute approximate surface area is 124 Å². The van der Waals surface area contributed by atoms with Gasteiger partial charge in [0, 0.05) is 28.9 Å². The van der Waals surface area contributed by atoms with Crippen LogP contribution in [-0.4, -0.2) is 48.5 Å². The third-order valence-corrected chi connectivity index (χ3v) is 6.57. The molecule has 1 saturated heterocycles. The molecule has 5 nitrogen and oxygen atoms in total. The maximum Gasteiger partial charge on any atom is 0.215 e. The summed E-state index contributed by atoms with van der Waals surface area (Å²) < 4.78 is 25.9. The van der Waals surface area contributed by atoms with E-state index in [-0.39, 0.29) is 18.4 Å². The van der Waals surface area contributed by atoms with E-state index in [1.54, 1.807) is 12.1 Å². The first kappa shape index (κ1) is 15.6. The van der Waals surface area contributed by atoms with Crippen LogP contribution < -0.4 is 5.73 Å². The molecule has 0 unspecified atom stereocenters. The molecule has 0 radical (unpaired) electrons. The van der Waals surface area contributed by atoms with E-state index in [0.29, 0.717) is 18.0 Å². The molecule has 1 aromatic rings. The van der Waals surface area contributed by atoms with Gasteiger partial charge in [-0.1, -0.05) is 0 Å². The summed E-state index contributed by atoms with van der Waals surface area (Å²) in [6.45, 7) is 0.435. The van der Waals surface area contributed by atoms with Gasteiger partial charge in [-0.2, -0.15) is 4.31 Å². The second-order valence-electron chi connectivity index (χ2n) is 4.82. The lowest BCUT2D eigenvalue weighted by Crippen LogP contribution is -2.39. The average Bonchev–Trinajstić information content (AvgIpc) is 2.90. The number of nitrogen functional groups attached to an aromatic ring is 1. The van der Waals surface area contributed by atoms with Crippen molar-refractivity contribution in [2.45, 2.75) is 23.8 Å². The Kier molecular flexibility index (Phi) is 5.31. The van der Waals surface area contributed by atoms with Crippen LogP contribution in [0.3, 0.4) is 0 Å². The van der Waals surface area contributed by atoms with Crippen LogP contribution in [0, 0.1) is 0 Å². The van der Waals surface area contributed by atoms with Crippen molar-refractivity contribution in [3.63, 3.8) is 0 Å². The van der Waals surface area contributed by atoms with Gasteiger partial charge >= 0.3 is 0 Å². The monoisotopic (exact) mass is 316 g/mol. The predicted octanol–water partition coefficient (Wildman–Crippen LogP) is 1.15. The molecule has 20 heavy (non-hydrogen) atoms. The average molecular weight is 316 g/mol. The fraction of sp³-hybridized carbons (Fsp3) is 0.538. The molecule has 1 heterocycles. The molecule has 0 saturated carbocycles. The summed E-state index contributed by atoms with van der Waals surface area (Å²) in [6.07, 6.45) is 1.58. The fourth-order valence-corrected chi connectivity index (χ4v) is 5.31. The minimum absolute atomic E-state index is 0.0929. The van der Waals surface area contributed by atoms with Gasteiger partial charge in [0.15, 0.2) is 0 Å². The van der Waals surface area contributed by atoms with Gasteiger partial charge in [-0.3, -0.25) is 0 Å². The number of aliphatic hydroxyl groups excluding tert-OH is 1. The summed E-state index contributed by atoms with van der Waals surface area (Å²) >= 11 is 1.50. The highest BCUT2D eigenvalue weighted by Gasteiger charge is 2.33. The van der Waals surface area contributed by atoms with E-state index in [1.165, 1.54) is 16.1 Å². The van der Waals surface area contributed by atoms with E-state index in [9.17, 15) is 13.5 Å². The molecule has 0 bridgehead atoms. The smallest absolute Gasteiger partial charge is 0.215 e. The number of nitrogens with two attached hydrogens (primary N) is 1. The summed E-state index contributed by atoms with van der Waals surface area (Å²) in [5, 5.41) is 9.21. The number of nitrogens with zero attached hydrogens (tertiary/aromatic N) is 1. The van der Waals surface area contributed by atoms with Crippen LogP contribution in [0.15, 0.2) is 29.2 Å². The predicted molar refractivity (Wildman–Crippen MR) is 82.2 cm³/mol. The highest BCUT2D eigenvalue weighted by molar-refractivity contribution is 8.00. The van der Waals surface area contributed by atoms with E-state index in [2.05, 4.69) is 0 Å². The summed E-state index contributed by atoms with van der Waals surface area (Å²) in [4.78, 5) is 1.01. The van der Waals surface area contributed by atoms with Gasteiger partial charge in [0.2, 0.25) is 10.0 Å². The zero-order valence-corrected chi connectivity index (χ0v) is 12.9. The fourth-order valence-electron chi connectivity index (χ4n) is 2.30. The normalized spacial score (nSPS) is 20.4. The Hall–Kier alpha value is -0.760. The molecule has 3 N–H and O–H groups in total. The molecular weight excluding hydrogens is 296 g/mol. The molecule has 0 aromatic heterocycles. The molecule has 1 aliphatic rings. The maximum atomic E-state index is 12.2. The van der Waals surface area contributed by atoms with Gasteiger partial charge in [0.05, 0.1) is 12.4 Å². The van der Waals surface area contributed by atoms with Gasteiger partial charge in [-0.25, -0.2) is 8.42 Å². The van der Waals surface area contributed by atoms with Gasteiger partial charge in [-0.15, -0.1) is 11.8 Å². The third kappa shape index (κ3) is 3.88. The molecule has 7 heteroatoms. The van der Waals surface area contributed by atoms with E-state index in [1.807, 2.05) is 12.1 Å². The highest BCUT2D eigenvalue weighted by Crippen LogP contribution is 2.23. The van der Waals surface area contributed by atoms with Crippen molar-refractivity contribution in [1.29, 1.82) is 0 Å². The Morgan fingerprint density at radius 1 is 1.35 bits per heavy atom. The quantitative estimate of drug-likeness (QED) is 0.607. The maximum absolute atomic E-state index is 12.2.